The summed E-state index contributed by atoms with van der Waals surface area (Å²) in [6.45, 7) is 3.97. The van der Waals surface area contributed by atoms with Gasteiger partial charge in [-0.2, -0.15) is 0 Å². The fourth-order valence-electron chi connectivity index (χ4n) is 1.05. The van der Waals surface area contributed by atoms with E-state index in [9.17, 15) is 9.90 Å². The van der Waals surface area contributed by atoms with Gasteiger partial charge < -0.3 is 14.6 Å². The van der Waals surface area contributed by atoms with Gasteiger partial charge in [-0.15, -0.1) is 0 Å². The first-order valence-electron chi connectivity index (χ1n) is 4.36. The molecule has 0 aromatic carbocycles. The van der Waals surface area contributed by atoms with E-state index in [1.807, 2.05) is 6.92 Å². The van der Waals surface area contributed by atoms with Crippen LogP contribution in [-0.4, -0.2) is 37.5 Å². The van der Waals surface area contributed by atoms with E-state index >= 15 is 0 Å². The highest BCUT2D eigenvalue weighted by atomic mass is 16.5. The first-order valence-corrected chi connectivity index (χ1v) is 4.36. The topological polar surface area (TPSA) is 55.8 Å². The molecule has 0 aliphatic heterocycles. The molecule has 1 N–H and O–H groups in total. The number of carbonyl (C=O) groups excluding carboxylic acids is 1. The molecule has 2 atom stereocenters. The zero-order chi connectivity index (χ0) is 10.3. The third-order valence-electron chi connectivity index (χ3n) is 1.60. The van der Waals surface area contributed by atoms with Crippen LogP contribution in [0, 0.1) is 5.92 Å². The summed E-state index contributed by atoms with van der Waals surface area (Å²) in [5, 5.41) is 9.32. The van der Waals surface area contributed by atoms with Crippen molar-refractivity contribution in [2.45, 2.75) is 26.4 Å². The van der Waals surface area contributed by atoms with Gasteiger partial charge in [-0.05, 0) is 12.3 Å². The van der Waals surface area contributed by atoms with Crippen LogP contribution in [0.25, 0.3) is 0 Å². The van der Waals surface area contributed by atoms with E-state index in [1.54, 1.807) is 7.11 Å². The van der Waals surface area contributed by atoms with E-state index in [0.717, 1.165) is 0 Å². The molecule has 1 unspecified atom stereocenters. The van der Waals surface area contributed by atoms with Crippen molar-refractivity contribution in [3.05, 3.63) is 0 Å². The summed E-state index contributed by atoms with van der Waals surface area (Å²) in [4.78, 5) is 10.5. The Balaban J connectivity index is 3.48. The summed E-state index contributed by atoms with van der Waals surface area (Å²) in [5.74, 6) is -0.123. The van der Waals surface area contributed by atoms with Crippen molar-refractivity contribution in [3.8, 4) is 0 Å². The Morgan fingerprint density at radius 3 is 2.54 bits per heavy atom. The number of esters is 1. The maximum Gasteiger partial charge on any atom is 0.302 e. The van der Waals surface area contributed by atoms with E-state index in [0.29, 0.717) is 19.6 Å². The van der Waals surface area contributed by atoms with Crippen LogP contribution in [0.1, 0.15) is 20.3 Å². The Morgan fingerprint density at radius 1 is 1.46 bits per heavy atom. The molecule has 4 heteroatoms. The highest BCUT2D eigenvalue weighted by molar-refractivity contribution is 5.65. The lowest BCUT2D eigenvalue weighted by atomic mass is 10.1. The molecule has 0 aliphatic carbocycles. The molecule has 0 saturated carbocycles. The average Bonchev–Trinajstić information content (AvgIpc) is 2.01. The van der Waals surface area contributed by atoms with Crippen molar-refractivity contribution in [3.63, 3.8) is 0 Å². The molecular formula is C9H18O4. The molecule has 0 rings (SSSR count). The Morgan fingerprint density at radius 2 is 2.08 bits per heavy atom. The van der Waals surface area contributed by atoms with E-state index in [2.05, 4.69) is 0 Å². The number of hydrogen-bond acceptors (Lipinski definition) is 4. The quantitative estimate of drug-likeness (QED) is 0.622. The fraction of sp³-hybridized carbons (Fsp3) is 0.889. The average molecular weight is 190 g/mol. The predicted octanol–water partition coefficient (Wildman–Crippen LogP) is 0.583. The van der Waals surface area contributed by atoms with Crippen LogP contribution < -0.4 is 0 Å². The third-order valence-corrected chi connectivity index (χ3v) is 1.60. The van der Waals surface area contributed by atoms with Crippen LogP contribution in [0.5, 0.6) is 0 Å². The minimum absolute atomic E-state index is 0.161. The maximum atomic E-state index is 10.5. The van der Waals surface area contributed by atoms with E-state index < -0.39 is 6.10 Å². The van der Waals surface area contributed by atoms with Crippen molar-refractivity contribution in [1.29, 1.82) is 0 Å². The summed E-state index contributed by atoms with van der Waals surface area (Å²) in [6.07, 6.45) is 0.108. The lowest BCUT2D eigenvalue weighted by molar-refractivity contribution is -0.142. The molecule has 0 aromatic heterocycles. The SMILES string of the molecule is COCC(O)C[C@@H](C)COC(C)=O. The molecule has 0 aromatic rings. The summed E-state index contributed by atoms with van der Waals surface area (Å²) in [6, 6.07) is 0. The molecule has 13 heavy (non-hydrogen) atoms. The van der Waals surface area contributed by atoms with Crippen molar-refractivity contribution in [1.82, 2.24) is 0 Å². The Labute approximate surface area is 78.8 Å². The molecular weight excluding hydrogens is 172 g/mol. The number of hydrogen-bond donors (Lipinski definition) is 1. The van der Waals surface area contributed by atoms with Crippen LogP contribution in [0.15, 0.2) is 0 Å². The van der Waals surface area contributed by atoms with Crippen LogP contribution >= 0.6 is 0 Å². The molecule has 0 radical (unpaired) electrons. The Bertz CT molecular complexity index is 147. The number of methoxy groups -OCH3 is 1. The monoisotopic (exact) mass is 190 g/mol. The van der Waals surface area contributed by atoms with Crippen molar-refractivity contribution < 1.29 is 19.4 Å². The second-order valence-corrected chi connectivity index (χ2v) is 3.25. The molecule has 0 heterocycles. The standard InChI is InChI=1S/C9H18O4/c1-7(5-13-8(2)10)4-9(11)6-12-3/h7,9,11H,4-6H2,1-3H3/t7-,9?/m1/s1. The normalized spacial score (nSPS) is 15.1. The first-order chi connectivity index (χ1) is 6.06. The second kappa shape index (κ2) is 6.86. The second-order valence-electron chi connectivity index (χ2n) is 3.25. The third kappa shape index (κ3) is 7.74. The zero-order valence-corrected chi connectivity index (χ0v) is 8.45. The molecule has 0 saturated heterocycles. The molecule has 0 amide bonds. The minimum Gasteiger partial charge on any atom is -0.466 e. The largest absolute Gasteiger partial charge is 0.466 e. The molecule has 0 bridgehead atoms. The van der Waals surface area contributed by atoms with Gasteiger partial charge in [0.2, 0.25) is 0 Å². The summed E-state index contributed by atoms with van der Waals surface area (Å²) in [7, 11) is 1.54. The smallest absolute Gasteiger partial charge is 0.302 e. The van der Waals surface area contributed by atoms with Crippen LogP contribution in [0.2, 0.25) is 0 Å². The van der Waals surface area contributed by atoms with Gasteiger partial charge in [-0.3, -0.25) is 4.79 Å². The molecule has 78 valence electrons. The summed E-state index contributed by atoms with van der Waals surface area (Å²) in [5.41, 5.74) is 0. The first kappa shape index (κ1) is 12.4. The van der Waals surface area contributed by atoms with E-state index in [4.69, 9.17) is 9.47 Å². The zero-order valence-electron chi connectivity index (χ0n) is 8.45. The number of aliphatic hydroxyl groups is 1. The molecule has 0 fully saturated rings. The van der Waals surface area contributed by atoms with Crippen molar-refractivity contribution >= 4 is 5.97 Å². The van der Waals surface area contributed by atoms with Gasteiger partial charge in [0.25, 0.3) is 0 Å². The van der Waals surface area contributed by atoms with Gasteiger partial charge in [-0.1, -0.05) is 6.92 Å². The van der Waals surface area contributed by atoms with Gasteiger partial charge >= 0.3 is 5.97 Å². The van der Waals surface area contributed by atoms with Crippen molar-refractivity contribution in [2.75, 3.05) is 20.3 Å². The summed E-state index contributed by atoms with van der Waals surface area (Å²) < 4.78 is 9.56. The van der Waals surface area contributed by atoms with Gasteiger partial charge in [-0.25, -0.2) is 0 Å². The van der Waals surface area contributed by atoms with Gasteiger partial charge in [0.15, 0.2) is 0 Å². The molecule has 0 aliphatic rings. The number of carbonyl (C=O) groups is 1. The molecule has 4 nitrogen and oxygen atoms in total. The van der Waals surface area contributed by atoms with Crippen LogP contribution in [0.4, 0.5) is 0 Å². The van der Waals surface area contributed by atoms with Gasteiger partial charge in [0.05, 0.1) is 19.3 Å². The highest BCUT2D eigenvalue weighted by Crippen LogP contribution is 2.06. The fourth-order valence-corrected chi connectivity index (χ4v) is 1.05. The van der Waals surface area contributed by atoms with Gasteiger partial charge in [0, 0.05) is 14.0 Å². The number of aliphatic hydroxyl groups excluding tert-OH is 1. The highest BCUT2D eigenvalue weighted by Gasteiger charge is 2.10. The van der Waals surface area contributed by atoms with Crippen LogP contribution in [0.3, 0.4) is 0 Å². The molecule has 0 spiro atoms. The van der Waals surface area contributed by atoms with E-state index in [1.165, 1.54) is 6.92 Å². The van der Waals surface area contributed by atoms with Crippen molar-refractivity contribution in [2.24, 2.45) is 5.92 Å². The number of ether oxygens (including phenoxy) is 2. The van der Waals surface area contributed by atoms with Gasteiger partial charge in [0.1, 0.15) is 0 Å². The Kier molecular flexibility index (Phi) is 6.54. The lowest BCUT2D eigenvalue weighted by Crippen LogP contribution is -2.20. The summed E-state index contributed by atoms with van der Waals surface area (Å²) >= 11 is 0. The Hall–Kier alpha value is -0.610. The maximum absolute atomic E-state index is 10.5. The number of rotatable bonds is 6. The minimum atomic E-state index is -0.476. The predicted molar refractivity (Wildman–Crippen MR) is 48.3 cm³/mol. The van der Waals surface area contributed by atoms with Crippen LogP contribution in [-0.2, 0) is 14.3 Å². The van der Waals surface area contributed by atoms with E-state index in [-0.39, 0.29) is 11.9 Å². The lowest BCUT2D eigenvalue weighted by Gasteiger charge is -2.15.